The number of aromatic nitrogens is 3. The van der Waals surface area contributed by atoms with Gasteiger partial charge in [-0.3, -0.25) is 0 Å². The minimum absolute atomic E-state index is 0.651. The van der Waals surface area contributed by atoms with Gasteiger partial charge in [0.05, 0.1) is 17.9 Å². The Kier molecular flexibility index (Phi) is 4.12. The summed E-state index contributed by atoms with van der Waals surface area (Å²) in [4.78, 5) is 0. The third kappa shape index (κ3) is 2.49. The van der Waals surface area contributed by atoms with Crippen LogP contribution in [0.1, 0.15) is 19.4 Å². The maximum atomic E-state index is 6.27. The van der Waals surface area contributed by atoms with E-state index in [2.05, 4.69) is 22.4 Å². The van der Waals surface area contributed by atoms with Gasteiger partial charge in [-0.15, -0.1) is 5.10 Å². The average Bonchev–Trinajstić information content (AvgIpc) is 2.97. The third-order valence-corrected chi connectivity index (χ3v) is 3.91. The lowest BCUT2D eigenvalue weighted by Gasteiger charge is -2.25. The van der Waals surface area contributed by atoms with Crippen molar-refractivity contribution in [2.75, 3.05) is 5.01 Å². The van der Waals surface area contributed by atoms with Crippen molar-refractivity contribution in [3.05, 3.63) is 54.1 Å². The van der Waals surface area contributed by atoms with E-state index in [1.165, 1.54) is 5.56 Å². The molecule has 2 aromatic carbocycles. The first-order valence-corrected chi connectivity index (χ1v) is 7.85. The Morgan fingerprint density at radius 2 is 1.61 bits per heavy atom. The van der Waals surface area contributed by atoms with Crippen molar-refractivity contribution in [2.45, 2.75) is 20.4 Å². The van der Waals surface area contributed by atoms with Gasteiger partial charge in [0.2, 0.25) is 0 Å². The fourth-order valence-electron chi connectivity index (χ4n) is 2.92. The summed E-state index contributed by atoms with van der Waals surface area (Å²) in [5, 5.41) is 10.3. The highest BCUT2D eigenvalue weighted by Gasteiger charge is 2.24. The van der Waals surface area contributed by atoms with Crippen LogP contribution in [0.5, 0.6) is 0 Å². The van der Waals surface area contributed by atoms with Gasteiger partial charge in [-0.05, 0) is 11.6 Å². The predicted octanol–water partition coefficient (Wildman–Crippen LogP) is 3.37. The lowest BCUT2D eigenvalue weighted by molar-refractivity contribution is 0.720. The molecule has 2 heterocycles. The smallest absolute Gasteiger partial charge is 0.123 e. The van der Waals surface area contributed by atoms with Gasteiger partial charge in [0.25, 0.3) is 0 Å². The molecule has 0 unspecified atom stereocenters. The zero-order chi connectivity index (χ0) is 16.4. The van der Waals surface area contributed by atoms with Crippen LogP contribution >= 0.6 is 0 Å². The number of nitrogens with two attached hydrogens (primary N) is 1. The van der Waals surface area contributed by atoms with Crippen LogP contribution in [0.15, 0.2) is 48.5 Å². The summed E-state index contributed by atoms with van der Waals surface area (Å²) < 4.78 is 1.83. The van der Waals surface area contributed by atoms with Crippen LogP contribution in [0, 0.1) is 0 Å². The number of anilines is 1. The molecule has 3 aromatic rings. The maximum Gasteiger partial charge on any atom is 0.123 e. The first-order valence-electron chi connectivity index (χ1n) is 7.85. The van der Waals surface area contributed by atoms with Crippen molar-refractivity contribution in [3.63, 3.8) is 0 Å². The van der Waals surface area contributed by atoms with Gasteiger partial charge >= 0.3 is 0 Å². The normalized spacial score (nSPS) is 12.1. The molecule has 118 valence electrons. The summed E-state index contributed by atoms with van der Waals surface area (Å²) in [6.45, 7) is 4.65. The van der Waals surface area contributed by atoms with Gasteiger partial charge in [0.1, 0.15) is 5.69 Å². The van der Waals surface area contributed by atoms with E-state index < -0.39 is 0 Å². The topological polar surface area (TPSA) is 60.0 Å². The summed E-state index contributed by atoms with van der Waals surface area (Å²) in [5.41, 5.74) is 6.18. The number of aryl methyl sites for hydroxylation is 1. The Labute approximate surface area is 136 Å². The Balaban J connectivity index is 0.000000753. The summed E-state index contributed by atoms with van der Waals surface area (Å²) in [6, 6.07) is 16.3. The van der Waals surface area contributed by atoms with Crippen LogP contribution in [0.2, 0.25) is 0 Å². The molecule has 0 aliphatic carbocycles. The predicted molar refractivity (Wildman–Crippen MR) is 93.6 cm³/mol. The van der Waals surface area contributed by atoms with E-state index in [-0.39, 0.29) is 0 Å². The number of rotatable bonds is 0. The average molecular weight is 307 g/mol. The van der Waals surface area contributed by atoms with E-state index in [4.69, 9.17) is 5.84 Å². The SMILES string of the molecule is CC.Cn1nnc2c1-c1ccccc1CN(N)c1ccccc1-2. The highest BCUT2D eigenvalue weighted by atomic mass is 15.4. The highest BCUT2D eigenvalue weighted by molar-refractivity contribution is 5.87. The van der Waals surface area contributed by atoms with Crippen molar-refractivity contribution < 1.29 is 0 Å². The van der Waals surface area contributed by atoms with Crippen LogP contribution in [0.4, 0.5) is 5.69 Å². The summed E-state index contributed by atoms with van der Waals surface area (Å²) in [6.07, 6.45) is 0. The van der Waals surface area contributed by atoms with Gasteiger partial charge in [0, 0.05) is 18.2 Å². The maximum absolute atomic E-state index is 6.27. The summed E-state index contributed by atoms with van der Waals surface area (Å²) >= 11 is 0. The van der Waals surface area contributed by atoms with E-state index in [0.717, 1.165) is 28.2 Å². The van der Waals surface area contributed by atoms with Gasteiger partial charge in [-0.1, -0.05) is 61.5 Å². The minimum Gasteiger partial charge on any atom is -0.306 e. The molecule has 0 saturated carbocycles. The second kappa shape index (κ2) is 6.22. The van der Waals surface area contributed by atoms with E-state index in [1.54, 1.807) is 5.01 Å². The standard InChI is InChI=1S/C16H15N5.C2H6/c1-20-16-12-7-3-2-6-11(12)10-21(17)14-9-5-4-8-13(14)15(16)18-19-20;1-2/h2-9H,10,17H2,1H3;1-2H3. The van der Waals surface area contributed by atoms with Crippen LogP contribution in [-0.2, 0) is 13.6 Å². The summed E-state index contributed by atoms with van der Waals surface area (Å²) in [7, 11) is 1.92. The second-order valence-electron chi connectivity index (χ2n) is 5.21. The van der Waals surface area contributed by atoms with Crippen LogP contribution < -0.4 is 10.9 Å². The fraction of sp³-hybridized carbons (Fsp3) is 0.222. The Morgan fingerprint density at radius 3 is 2.39 bits per heavy atom. The van der Waals surface area contributed by atoms with Gasteiger partial charge < -0.3 is 5.01 Å². The molecule has 1 aliphatic rings. The molecule has 1 aromatic heterocycles. The quantitative estimate of drug-likeness (QED) is 0.647. The molecule has 2 N–H and O–H groups in total. The highest BCUT2D eigenvalue weighted by Crippen LogP contribution is 2.39. The molecule has 4 rings (SSSR count). The van der Waals surface area contributed by atoms with E-state index in [1.807, 2.05) is 62.0 Å². The number of fused-ring (bicyclic) bond motifs is 5. The van der Waals surface area contributed by atoms with E-state index >= 15 is 0 Å². The Hall–Kier alpha value is -2.66. The molecule has 0 atom stereocenters. The Bertz CT molecular complexity index is 822. The number of nitrogens with zero attached hydrogens (tertiary/aromatic N) is 4. The molecule has 0 saturated heterocycles. The first kappa shape index (κ1) is 15.2. The molecule has 0 bridgehead atoms. The van der Waals surface area contributed by atoms with Gasteiger partial charge in [0.15, 0.2) is 0 Å². The van der Waals surface area contributed by atoms with Gasteiger partial charge in [-0.2, -0.15) is 0 Å². The lowest BCUT2D eigenvalue weighted by atomic mass is 9.96. The van der Waals surface area contributed by atoms with Crippen molar-refractivity contribution >= 4 is 5.69 Å². The number of hydrazine groups is 1. The molecule has 23 heavy (non-hydrogen) atoms. The Morgan fingerprint density at radius 1 is 0.957 bits per heavy atom. The second-order valence-corrected chi connectivity index (χ2v) is 5.21. The number of hydrogen-bond donors (Lipinski definition) is 1. The molecule has 5 nitrogen and oxygen atoms in total. The minimum atomic E-state index is 0.651. The van der Waals surface area contributed by atoms with E-state index in [9.17, 15) is 0 Å². The molecule has 0 fully saturated rings. The van der Waals surface area contributed by atoms with E-state index in [0.29, 0.717) is 6.54 Å². The largest absolute Gasteiger partial charge is 0.306 e. The number of benzene rings is 2. The zero-order valence-corrected chi connectivity index (χ0v) is 13.7. The third-order valence-electron chi connectivity index (χ3n) is 3.91. The molecular weight excluding hydrogens is 286 g/mol. The van der Waals surface area contributed by atoms with Crippen molar-refractivity contribution in [2.24, 2.45) is 12.9 Å². The molecule has 0 spiro atoms. The molecule has 1 aliphatic heterocycles. The molecular formula is C18H21N5. The lowest BCUT2D eigenvalue weighted by Crippen LogP contribution is -2.31. The van der Waals surface area contributed by atoms with Crippen molar-refractivity contribution in [1.82, 2.24) is 15.0 Å². The first-order chi connectivity index (χ1) is 11.3. The summed E-state index contributed by atoms with van der Waals surface area (Å²) in [5.74, 6) is 6.27. The number of hydrogen-bond acceptors (Lipinski definition) is 4. The van der Waals surface area contributed by atoms with Crippen LogP contribution in [-0.4, -0.2) is 15.0 Å². The van der Waals surface area contributed by atoms with Crippen LogP contribution in [0.3, 0.4) is 0 Å². The fourth-order valence-corrected chi connectivity index (χ4v) is 2.92. The van der Waals surface area contributed by atoms with Crippen molar-refractivity contribution in [1.29, 1.82) is 0 Å². The molecule has 0 radical (unpaired) electrons. The van der Waals surface area contributed by atoms with Crippen LogP contribution in [0.25, 0.3) is 22.5 Å². The van der Waals surface area contributed by atoms with Crippen molar-refractivity contribution in [3.8, 4) is 22.5 Å². The number of para-hydroxylation sites is 1. The molecule has 5 heteroatoms. The monoisotopic (exact) mass is 307 g/mol. The molecule has 0 amide bonds. The zero-order valence-electron chi connectivity index (χ0n) is 13.7. The van der Waals surface area contributed by atoms with Gasteiger partial charge in [-0.25, -0.2) is 10.5 Å².